The van der Waals surface area contributed by atoms with Gasteiger partial charge >= 0.3 is 0 Å². The maximum Gasteiger partial charge on any atom is 0.119 e. The monoisotopic (exact) mass is 254 g/mol. The van der Waals surface area contributed by atoms with Crippen LogP contribution in [0, 0.1) is 0 Å². The van der Waals surface area contributed by atoms with E-state index in [-0.39, 0.29) is 6.04 Å². The number of aromatic nitrogens is 1. The molecule has 0 saturated carbocycles. The SMILES string of the molecule is N[C@@H]1CCc2cc(OCCc3cccnc3)ccc21. The Balaban J connectivity index is 1.59. The van der Waals surface area contributed by atoms with E-state index >= 15 is 0 Å². The molecule has 98 valence electrons. The Bertz CT molecular complexity index is 554. The molecule has 2 N–H and O–H groups in total. The number of ether oxygens (including phenoxy) is 1. The summed E-state index contributed by atoms with van der Waals surface area (Å²) in [5.74, 6) is 0.941. The molecular formula is C16H18N2O. The summed E-state index contributed by atoms with van der Waals surface area (Å²) in [6.07, 6.45) is 6.66. The Kier molecular flexibility index (Phi) is 3.47. The molecule has 0 fully saturated rings. The van der Waals surface area contributed by atoms with Crippen molar-refractivity contribution in [3.63, 3.8) is 0 Å². The molecule has 0 radical (unpaired) electrons. The fraction of sp³-hybridized carbons (Fsp3) is 0.312. The number of nitrogens with two attached hydrogens (primary N) is 1. The first kappa shape index (κ1) is 12.2. The van der Waals surface area contributed by atoms with E-state index in [9.17, 15) is 0 Å². The molecular weight excluding hydrogens is 236 g/mol. The molecule has 3 heteroatoms. The zero-order chi connectivity index (χ0) is 13.1. The predicted octanol–water partition coefficient (Wildman–Crippen LogP) is 2.65. The molecule has 2 aromatic rings. The summed E-state index contributed by atoms with van der Waals surface area (Å²) in [4.78, 5) is 4.10. The number of aryl methyl sites for hydroxylation is 1. The highest BCUT2D eigenvalue weighted by Crippen LogP contribution is 2.31. The van der Waals surface area contributed by atoms with Gasteiger partial charge in [-0.1, -0.05) is 12.1 Å². The first-order valence-electron chi connectivity index (χ1n) is 6.73. The number of hydrogen-bond donors (Lipinski definition) is 1. The molecule has 3 rings (SSSR count). The van der Waals surface area contributed by atoms with Gasteiger partial charge in [-0.05, 0) is 47.7 Å². The van der Waals surface area contributed by atoms with Gasteiger partial charge in [-0.2, -0.15) is 0 Å². The van der Waals surface area contributed by atoms with E-state index in [2.05, 4.69) is 23.2 Å². The number of nitrogens with zero attached hydrogens (tertiary/aromatic N) is 1. The molecule has 3 nitrogen and oxygen atoms in total. The van der Waals surface area contributed by atoms with Crippen LogP contribution in [0.1, 0.15) is 29.2 Å². The highest BCUT2D eigenvalue weighted by Gasteiger charge is 2.18. The first-order chi connectivity index (χ1) is 9.33. The summed E-state index contributed by atoms with van der Waals surface area (Å²) in [5, 5.41) is 0. The zero-order valence-corrected chi connectivity index (χ0v) is 10.9. The zero-order valence-electron chi connectivity index (χ0n) is 10.9. The number of fused-ring (bicyclic) bond motifs is 1. The van der Waals surface area contributed by atoms with Crippen molar-refractivity contribution in [3.05, 3.63) is 59.4 Å². The van der Waals surface area contributed by atoms with Crippen LogP contribution < -0.4 is 10.5 Å². The van der Waals surface area contributed by atoms with Gasteiger partial charge < -0.3 is 10.5 Å². The molecule has 1 aliphatic rings. The van der Waals surface area contributed by atoms with Crippen LogP contribution in [0.4, 0.5) is 0 Å². The lowest BCUT2D eigenvalue weighted by Crippen LogP contribution is -2.05. The van der Waals surface area contributed by atoms with Crippen molar-refractivity contribution in [1.29, 1.82) is 0 Å². The van der Waals surface area contributed by atoms with Gasteiger partial charge in [0, 0.05) is 24.9 Å². The van der Waals surface area contributed by atoms with E-state index < -0.39 is 0 Å². The van der Waals surface area contributed by atoms with Crippen LogP contribution in [0.3, 0.4) is 0 Å². The number of rotatable bonds is 4. The van der Waals surface area contributed by atoms with Crippen LogP contribution in [0.25, 0.3) is 0 Å². The van der Waals surface area contributed by atoms with Gasteiger partial charge in [0.05, 0.1) is 6.61 Å². The van der Waals surface area contributed by atoms with Crippen molar-refractivity contribution < 1.29 is 4.74 Å². The summed E-state index contributed by atoms with van der Waals surface area (Å²) in [6, 6.07) is 10.5. The molecule has 0 bridgehead atoms. The lowest BCUT2D eigenvalue weighted by atomic mass is 10.1. The van der Waals surface area contributed by atoms with Crippen molar-refractivity contribution in [1.82, 2.24) is 4.98 Å². The summed E-state index contributed by atoms with van der Waals surface area (Å²) in [5.41, 5.74) is 9.84. The number of pyridine rings is 1. The summed E-state index contributed by atoms with van der Waals surface area (Å²) >= 11 is 0. The predicted molar refractivity (Wildman–Crippen MR) is 75.1 cm³/mol. The smallest absolute Gasteiger partial charge is 0.119 e. The number of benzene rings is 1. The highest BCUT2D eigenvalue weighted by molar-refractivity contribution is 5.40. The second kappa shape index (κ2) is 5.41. The Labute approximate surface area is 113 Å². The van der Waals surface area contributed by atoms with E-state index in [0.717, 1.165) is 25.0 Å². The average Bonchev–Trinajstić information content (AvgIpc) is 2.81. The maximum atomic E-state index is 6.02. The van der Waals surface area contributed by atoms with Gasteiger partial charge in [0.15, 0.2) is 0 Å². The fourth-order valence-corrected chi connectivity index (χ4v) is 2.55. The van der Waals surface area contributed by atoms with E-state index in [4.69, 9.17) is 10.5 Å². The maximum absolute atomic E-state index is 6.02. The van der Waals surface area contributed by atoms with E-state index in [0.29, 0.717) is 6.61 Å². The van der Waals surface area contributed by atoms with Crippen molar-refractivity contribution in [2.75, 3.05) is 6.61 Å². The third-order valence-corrected chi connectivity index (χ3v) is 3.62. The standard InChI is InChI=1S/C16H18N2O/c17-16-6-3-13-10-14(4-5-15(13)16)19-9-7-12-2-1-8-18-11-12/h1-2,4-5,8,10-11,16H,3,6-7,9,17H2/t16-/m1/s1. The quantitative estimate of drug-likeness (QED) is 0.912. The van der Waals surface area contributed by atoms with Crippen molar-refractivity contribution in [3.8, 4) is 5.75 Å². The van der Waals surface area contributed by atoms with Gasteiger partial charge in [-0.15, -0.1) is 0 Å². The lowest BCUT2D eigenvalue weighted by Gasteiger charge is -2.09. The van der Waals surface area contributed by atoms with Crippen LogP contribution >= 0.6 is 0 Å². The van der Waals surface area contributed by atoms with Gasteiger partial charge in [-0.25, -0.2) is 0 Å². The normalized spacial score (nSPS) is 17.2. The first-order valence-corrected chi connectivity index (χ1v) is 6.73. The summed E-state index contributed by atoms with van der Waals surface area (Å²) in [7, 11) is 0. The van der Waals surface area contributed by atoms with Gasteiger partial charge in [0.1, 0.15) is 5.75 Å². The fourth-order valence-electron chi connectivity index (χ4n) is 2.55. The van der Waals surface area contributed by atoms with Gasteiger partial charge in [0.2, 0.25) is 0 Å². The molecule has 19 heavy (non-hydrogen) atoms. The minimum Gasteiger partial charge on any atom is -0.493 e. The van der Waals surface area contributed by atoms with Crippen LogP contribution in [0.5, 0.6) is 5.75 Å². The topological polar surface area (TPSA) is 48.1 Å². The van der Waals surface area contributed by atoms with Gasteiger partial charge in [-0.3, -0.25) is 4.98 Å². The highest BCUT2D eigenvalue weighted by atomic mass is 16.5. The van der Waals surface area contributed by atoms with Crippen LogP contribution in [-0.4, -0.2) is 11.6 Å². The van der Waals surface area contributed by atoms with Crippen LogP contribution in [0.2, 0.25) is 0 Å². The Morgan fingerprint density at radius 2 is 2.26 bits per heavy atom. The Hall–Kier alpha value is -1.87. The lowest BCUT2D eigenvalue weighted by molar-refractivity contribution is 0.321. The average molecular weight is 254 g/mol. The molecule has 0 amide bonds. The molecule has 0 spiro atoms. The third-order valence-electron chi connectivity index (χ3n) is 3.62. The summed E-state index contributed by atoms with van der Waals surface area (Å²) in [6.45, 7) is 0.677. The summed E-state index contributed by atoms with van der Waals surface area (Å²) < 4.78 is 5.80. The third kappa shape index (κ3) is 2.76. The van der Waals surface area contributed by atoms with Crippen LogP contribution in [-0.2, 0) is 12.8 Å². The number of hydrogen-bond acceptors (Lipinski definition) is 3. The molecule has 0 aliphatic heterocycles. The van der Waals surface area contributed by atoms with E-state index in [1.165, 1.54) is 16.7 Å². The van der Waals surface area contributed by atoms with Crippen LogP contribution in [0.15, 0.2) is 42.7 Å². The molecule has 1 aliphatic carbocycles. The van der Waals surface area contributed by atoms with Gasteiger partial charge in [0.25, 0.3) is 0 Å². The molecule has 0 saturated heterocycles. The molecule has 1 atom stereocenters. The Morgan fingerprint density at radius 3 is 3.11 bits per heavy atom. The molecule has 1 aromatic carbocycles. The molecule has 0 unspecified atom stereocenters. The Morgan fingerprint density at radius 1 is 1.32 bits per heavy atom. The second-order valence-electron chi connectivity index (χ2n) is 4.97. The van der Waals surface area contributed by atoms with Crippen molar-refractivity contribution >= 4 is 0 Å². The molecule has 1 aromatic heterocycles. The minimum atomic E-state index is 0.208. The van der Waals surface area contributed by atoms with Crippen molar-refractivity contribution in [2.45, 2.75) is 25.3 Å². The minimum absolute atomic E-state index is 0.208. The van der Waals surface area contributed by atoms with E-state index in [1.807, 2.05) is 18.3 Å². The van der Waals surface area contributed by atoms with E-state index in [1.54, 1.807) is 6.20 Å². The second-order valence-corrected chi connectivity index (χ2v) is 4.97. The molecule has 1 heterocycles. The largest absolute Gasteiger partial charge is 0.493 e. The van der Waals surface area contributed by atoms with Crippen molar-refractivity contribution in [2.24, 2.45) is 5.73 Å².